The summed E-state index contributed by atoms with van der Waals surface area (Å²) in [5.74, 6) is 0. The van der Waals surface area contributed by atoms with Gasteiger partial charge in [0.2, 0.25) is 0 Å². The molecule has 0 heterocycles. The van der Waals surface area contributed by atoms with Gasteiger partial charge < -0.3 is 5.43 Å². The average molecular weight is 295 g/mol. The topological polar surface area (TPSA) is 61.1 Å². The molecule has 0 aliphatic heterocycles. The molecule has 0 saturated carbocycles. The van der Waals surface area contributed by atoms with Crippen LogP contribution in [0.3, 0.4) is 0 Å². The molecule has 2 N–H and O–H groups in total. The molecule has 0 atom stereocenters. The molecular weight excluding hydrogens is 270 g/mol. The molecule has 0 aromatic carbocycles. The minimum Gasteiger partial charge on any atom is -0.313 e. The first-order valence-corrected chi connectivity index (χ1v) is 7.17. The van der Waals surface area contributed by atoms with E-state index in [1.165, 1.54) is 5.49 Å². The van der Waals surface area contributed by atoms with Gasteiger partial charge in [0.25, 0.3) is 0 Å². The van der Waals surface area contributed by atoms with Gasteiger partial charge in [0, 0.05) is 14.1 Å². The maximum absolute atomic E-state index is 4.70. The van der Waals surface area contributed by atoms with Crippen molar-refractivity contribution in [1.29, 1.82) is 0 Å². The van der Waals surface area contributed by atoms with E-state index in [-0.39, 0.29) is 0 Å². The molecule has 5 nitrogen and oxygen atoms in total. The van der Waals surface area contributed by atoms with Crippen molar-refractivity contribution in [3.05, 3.63) is 11.6 Å². The Labute approximate surface area is 127 Å². The number of nitrogens with one attached hydrogen (secondary N) is 2. The van der Waals surface area contributed by atoms with Crippen molar-refractivity contribution in [3.8, 4) is 0 Å². The largest absolute Gasteiger partial charge is 0.313 e. The van der Waals surface area contributed by atoms with Gasteiger partial charge in [-0.05, 0) is 38.7 Å². The minimum absolute atomic E-state index is 0.864. The molecule has 0 saturated heterocycles. The Bertz CT molecular complexity index is 421. The third-order valence-electron chi connectivity index (χ3n) is 2.84. The molecule has 0 unspecified atom stereocenters. The zero-order valence-electron chi connectivity index (χ0n) is 13.0. The normalized spacial score (nSPS) is 14.2. The van der Waals surface area contributed by atoms with Gasteiger partial charge in [0.15, 0.2) is 0 Å². The van der Waals surface area contributed by atoms with Gasteiger partial charge in [-0.15, -0.1) is 0 Å². The maximum atomic E-state index is 4.70. The van der Waals surface area contributed by atoms with Crippen molar-refractivity contribution in [1.82, 2.24) is 10.9 Å². The smallest absolute Gasteiger partial charge is 0.0829 e. The lowest BCUT2D eigenvalue weighted by Gasteiger charge is -2.06. The molecule has 0 aromatic heterocycles. The number of thiocarbonyl (C=S) groups is 1. The quantitative estimate of drug-likeness (QED) is 0.390. The highest BCUT2D eigenvalue weighted by Gasteiger charge is 2.03. The van der Waals surface area contributed by atoms with E-state index in [0.29, 0.717) is 0 Å². The van der Waals surface area contributed by atoms with Crippen molar-refractivity contribution in [2.75, 3.05) is 14.1 Å². The predicted octanol–water partition coefficient (Wildman–Crippen LogP) is 2.69. The molecule has 0 bridgehead atoms. The summed E-state index contributed by atoms with van der Waals surface area (Å²) in [4.78, 5) is 4.27. The summed E-state index contributed by atoms with van der Waals surface area (Å²) >= 11 is 4.70. The third kappa shape index (κ3) is 7.13. The van der Waals surface area contributed by atoms with Gasteiger partial charge in [-0.2, -0.15) is 10.2 Å². The molecule has 0 radical (unpaired) electrons. The van der Waals surface area contributed by atoms with E-state index < -0.39 is 0 Å². The van der Waals surface area contributed by atoms with Gasteiger partial charge in [0.1, 0.15) is 0 Å². The van der Waals surface area contributed by atoms with Crippen molar-refractivity contribution >= 4 is 34.8 Å². The van der Waals surface area contributed by atoms with E-state index in [1.54, 1.807) is 14.1 Å². The summed E-state index contributed by atoms with van der Waals surface area (Å²) in [6.45, 7) is 6.09. The average Bonchev–Trinajstić information content (AvgIpc) is 2.44. The fraction of sp³-hybridized carbons (Fsp3) is 0.571. The van der Waals surface area contributed by atoms with Crippen LogP contribution in [0.15, 0.2) is 26.8 Å². The predicted molar refractivity (Wildman–Crippen MR) is 93.0 cm³/mol. The van der Waals surface area contributed by atoms with E-state index in [2.05, 4.69) is 46.0 Å². The van der Waals surface area contributed by atoms with Crippen LogP contribution in [0.5, 0.6) is 0 Å². The summed E-state index contributed by atoms with van der Waals surface area (Å²) in [6.07, 6.45) is 4.81. The molecule has 112 valence electrons. The fourth-order valence-electron chi connectivity index (χ4n) is 1.78. The lowest BCUT2D eigenvalue weighted by atomic mass is 10.1. The van der Waals surface area contributed by atoms with Gasteiger partial charge in [-0.3, -0.25) is 10.4 Å². The molecule has 0 aliphatic carbocycles. The number of hydrogen-bond donors (Lipinski definition) is 2. The molecule has 0 amide bonds. The number of rotatable bonds is 9. The van der Waals surface area contributed by atoms with Crippen LogP contribution in [0.1, 0.15) is 40.0 Å². The molecule has 6 heteroatoms. The van der Waals surface area contributed by atoms with Gasteiger partial charge in [-0.1, -0.05) is 25.2 Å². The molecule has 0 rings (SSSR count). The highest BCUT2D eigenvalue weighted by atomic mass is 32.1. The molecule has 0 aliphatic rings. The zero-order valence-corrected chi connectivity index (χ0v) is 13.8. The lowest BCUT2D eigenvalue weighted by Crippen LogP contribution is -2.14. The number of hydrazone groups is 2. The number of hydrogen-bond acceptors (Lipinski definition) is 5. The minimum atomic E-state index is 0.864. The van der Waals surface area contributed by atoms with E-state index in [4.69, 9.17) is 12.2 Å². The summed E-state index contributed by atoms with van der Waals surface area (Å²) < 4.78 is 0. The summed E-state index contributed by atoms with van der Waals surface area (Å²) in [6, 6.07) is 0. The monoisotopic (exact) mass is 295 g/mol. The second-order valence-corrected chi connectivity index (χ2v) is 4.41. The lowest BCUT2D eigenvalue weighted by molar-refractivity contribution is 0.901. The first-order valence-electron chi connectivity index (χ1n) is 6.70. The number of allylic oxidation sites excluding steroid dienone is 2. The van der Waals surface area contributed by atoms with Crippen LogP contribution in [0, 0.1) is 0 Å². The Hall–Kier alpha value is -1.56. The van der Waals surface area contributed by atoms with E-state index in [9.17, 15) is 0 Å². The fourth-order valence-corrected chi connectivity index (χ4v) is 1.83. The van der Waals surface area contributed by atoms with E-state index in [0.717, 1.165) is 42.0 Å². The van der Waals surface area contributed by atoms with Crippen molar-refractivity contribution in [2.24, 2.45) is 15.2 Å². The van der Waals surface area contributed by atoms with Crippen LogP contribution in [0.2, 0.25) is 0 Å². The van der Waals surface area contributed by atoms with E-state index >= 15 is 0 Å². The third-order valence-corrected chi connectivity index (χ3v) is 2.95. The highest BCUT2D eigenvalue weighted by molar-refractivity contribution is 7.78. The standard InChI is InChI=1S/C14H25N5S/c1-6-13(19-17-10-20)11(2)8-7-9-14(15-4)12(3)18-16-5/h8,10,16H,6-7,9H2,1-5H3,(H,17,20)/b11-8+,15-14?,18-12-,19-13-. The van der Waals surface area contributed by atoms with Crippen molar-refractivity contribution in [3.63, 3.8) is 0 Å². The second-order valence-electron chi connectivity index (χ2n) is 4.18. The van der Waals surface area contributed by atoms with Gasteiger partial charge >= 0.3 is 0 Å². The van der Waals surface area contributed by atoms with Crippen LogP contribution in [-0.2, 0) is 0 Å². The second kappa shape index (κ2) is 11.3. The highest BCUT2D eigenvalue weighted by Crippen LogP contribution is 2.05. The van der Waals surface area contributed by atoms with E-state index in [1.807, 2.05) is 6.92 Å². The molecule has 20 heavy (non-hydrogen) atoms. The Kier molecular flexibility index (Phi) is 10.4. The van der Waals surface area contributed by atoms with Crippen LogP contribution in [0.25, 0.3) is 0 Å². The Morgan fingerprint density at radius 1 is 1.20 bits per heavy atom. The van der Waals surface area contributed by atoms with Crippen LogP contribution in [-0.4, -0.2) is 36.7 Å². The Morgan fingerprint density at radius 2 is 1.90 bits per heavy atom. The summed E-state index contributed by atoms with van der Waals surface area (Å²) in [5, 5.41) is 8.37. The molecule has 0 aromatic rings. The van der Waals surface area contributed by atoms with Crippen LogP contribution in [0.4, 0.5) is 0 Å². The number of aliphatic imine (C=N–C) groups is 1. The Balaban J connectivity index is 4.62. The van der Waals surface area contributed by atoms with Crippen LogP contribution < -0.4 is 10.9 Å². The van der Waals surface area contributed by atoms with Gasteiger partial charge in [0.05, 0.1) is 22.6 Å². The summed E-state index contributed by atoms with van der Waals surface area (Å²) in [7, 11) is 3.58. The first kappa shape index (κ1) is 18.4. The number of nitrogens with zero attached hydrogens (tertiary/aromatic N) is 3. The maximum Gasteiger partial charge on any atom is 0.0829 e. The molecule has 0 spiro atoms. The van der Waals surface area contributed by atoms with Crippen molar-refractivity contribution in [2.45, 2.75) is 40.0 Å². The zero-order chi connectivity index (χ0) is 15.4. The molecule has 0 fully saturated rings. The van der Waals surface area contributed by atoms with Crippen molar-refractivity contribution < 1.29 is 0 Å². The van der Waals surface area contributed by atoms with Crippen LogP contribution >= 0.6 is 12.2 Å². The first-order chi connectivity index (χ1) is 9.60. The summed E-state index contributed by atoms with van der Waals surface area (Å²) in [5.41, 5.74) is 11.0. The molecular formula is C14H25N5S. The Morgan fingerprint density at radius 3 is 2.40 bits per heavy atom. The van der Waals surface area contributed by atoms with Gasteiger partial charge in [-0.25, -0.2) is 0 Å². The SMILES string of the molecule is CCC(=N/NC=S)/C(C)=C/CCC(=NC)/C(C)=N\NC.